The van der Waals surface area contributed by atoms with Crippen LogP contribution in [0.4, 0.5) is 0 Å². The van der Waals surface area contributed by atoms with E-state index in [2.05, 4.69) is 48.1 Å². The number of halogens is 1. The van der Waals surface area contributed by atoms with Crippen LogP contribution in [0.2, 0.25) is 0 Å². The average molecular weight is 544 g/mol. The highest BCUT2D eigenvalue weighted by molar-refractivity contribution is 9.10. The van der Waals surface area contributed by atoms with E-state index < -0.39 is 6.04 Å². The third-order valence-electron chi connectivity index (χ3n) is 6.67. The fraction of sp³-hybridized carbons (Fsp3) is 0.517. The van der Waals surface area contributed by atoms with Crippen molar-refractivity contribution in [2.24, 2.45) is 0 Å². The van der Waals surface area contributed by atoms with Crippen molar-refractivity contribution in [3.05, 3.63) is 63.6 Å². The Balaban J connectivity index is 1.77. The number of nitrogens with zero attached hydrogens (tertiary/aromatic N) is 1. The molecule has 2 aromatic rings. The normalized spacial score (nSPS) is 15.0. The Morgan fingerprint density at radius 3 is 2.46 bits per heavy atom. The minimum atomic E-state index is -0.543. The van der Waals surface area contributed by atoms with Gasteiger partial charge in [-0.05, 0) is 70.8 Å². The van der Waals surface area contributed by atoms with Crippen molar-refractivity contribution < 1.29 is 14.3 Å². The van der Waals surface area contributed by atoms with E-state index in [1.807, 2.05) is 50.2 Å². The summed E-state index contributed by atoms with van der Waals surface area (Å²) in [5, 5.41) is 3.18. The maximum atomic E-state index is 13.5. The standard InChI is InChI=1S/C29H39BrN2O3/c1-6-25(28(34)31-23-12-7-8-13-23)32(18-21-11-9-10-20(2)16-21)27(33)19-35-26-15-14-22(17-24(26)30)29(3,4)5/h9-11,14-17,23,25H,6-8,12-13,18-19H2,1-5H3,(H,31,34). The third kappa shape index (κ3) is 7.57. The number of benzene rings is 2. The number of amides is 2. The third-order valence-corrected chi connectivity index (χ3v) is 7.29. The highest BCUT2D eigenvalue weighted by Crippen LogP contribution is 2.31. The first-order chi connectivity index (χ1) is 16.6. The second kappa shape index (κ2) is 12.1. The van der Waals surface area contributed by atoms with Crippen LogP contribution >= 0.6 is 15.9 Å². The fourth-order valence-corrected chi connectivity index (χ4v) is 5.09. The lowest BCUT2D eigenvalue weighted by Gasteiger charge is -2.31. The number of ether oxygens (including phenoxy) is 1. The molecule has 0 aliphatic heterocycles. The van der Waals surface area contributed by atoms with Crippen LogP contribution in [0.15, 0.2) is 46.9 Å². The zero-order valence-corrected chi connectivity index (χ0v) is 23.3. The predicted octanol–water partition coefficient (Wildman–Crippen LogP) is 6.30. The smallest absolute Gasteiger partial charge is 0.261 e. The monoisotopic (exact) mass is 542 g/mol. The summed E-state index contributed by atoms with van der Waals surface area (Å²) in [6.45, 7) is 10.7. The summed E-state index contributed by atoms with van der Waals surface area (Å²) in [4.78, 5) is 28.4. The minimum absolute atomic E-state index is 0.0164. The molecular formula is C29H39BrN2O3. The zero-order chi connectivity index (χ0) is 25.6. The van der Waals surface area contributed by atoms with Gasteiger partial charge in [-0.2, -0.15) is 0 Å². The molecule has 35 heavy (non-hydrogen) atoms. The molecule has 0 spiro atoms. The Kier molecular flexibility index (Phi) is 9.40. The number of carbonyl (C=O) groups excluding carboxylic acids is 2. The van der Waals surface area contributed by atoms with Crippen molar-refractivity contribution >= 4 is 27.7 Å². The molecule has 1 N–H and O–H groups in total. The second-order valence-electron chi connectivity index (χ2n) is 10.6. The Morgan fingerprint density at radius 2 is 1.86 bits per heavy atom. The molecule has 3 rings (SSSR count). The highest BCUT2D eigenvalue weighted by Gasteiger charge is 2.31. The maximum Gasteiger partial charge on any atom is 0.261 e. The summed E-state index contributed by atoms with van der Waals surface area (Å²) in [5.74, 6) is 0.341. The summed E-state index contributed by atoms with van der Waals surface area (Å²) >= 11 is 3.59. The van der Waals surface area contributed by atoms with E-state index in [1.54, 1.807) is 4.90 Å². The molecule has 0 heterocycles. The molecule has 1 atom stereocenters. The van der Waals surface area contributed by atoms with Crippen LogP contribution < -0.4 is 10.1 Å². The van der Waals surface area contributed by atoms with Crippen LogP contribution in [-0.4, -0.2) is 35.4 Å². The maximum absolute atomic E-state index is 13.5. The number of carbonyl (C=O) groups is 2. The van der Waals surface area contributed by atoms with E-state index in [4.69, 9.17) is 4.74 Å². The Morgan fingerprint density at radius 1 is 1.14 bits per heavy atom. The van der Waals surface area contributed by atoms with Crippen molar-refractivity contribution in [3.63, 3.8) is 0 Å². The summed E-state index contributed by atoms with van der Waals surface area (Å²) < 4.78 is 6.76. The molecule has 0 bridgehead atoms. The molecule has 0 saturated heterocycles. The van der Waals surface area contributed by atoms with Crippen LogP contribution in [0.3, 0.4) is 0 Å². The van der Waals surface area contributed by atoms with Gasteiger partial charge in [-0.25, -0.2) is 0 Å². The van der Waals surface area contributed by atoms with Gasteiger partial charge < -0.3 is 15.0 Å². The molecule has 2 amide bonds. The quantitative estimate of drug-likeness (QED) is 0.404. The molecule has 1 saturated carbocycles. The molecule has 1 fully saturated rings. The van der Waals surface area contributed by atoms with Crippen LogP contribution in [0, 0.1) is 6.92 Å². The van der Waals surface area contributed by atoms with Gasteiger partial charge in [0.1, 0.15) is 11.8 Å². The number of nitrogens with one attached hydrogen (secondary N) is 1. The molecule has 0 aromatic heterocycles. The average Bonchev–Trinajstić information content (AvgIpc) is 3.30. The number of hydrogen-bond donors (Lipinski definition) is 1. The van der Waals surface area contributed by atoms with Gasteiger partial charge in [0, 0.05) is 12.6 Å². The molecule has 1 aliphatic carbocycles. The number of aryl methyl sites for hydroxylation is 1. The first-order valence-electron chi connectivity index (χ1n) is 12.7. The molecule has 1 unspecified atom stereocenters. The van der Waals surface area contributed by atoms with Crippen molar-refractivity contribution in [2.45, 2.75) is 90.8 Å². The molecule has 190 valence electrons. The lowest BCUT2D eigenvalue weighted by Crippen LogP contribution is -2.52. The van der Waals surface area contributed by atoms with Gasteiger partial charge in [-0.15, -0.1) is 0 Å². The zero-order valence-electron chi connectivity index (χ0n) is 21.7. The molecule has 6 heteroatoms. The Hall–Kier alpha value is -2.34. The van der Waals surface area contributed by atoms with Crippen molar-refractivity contribution in [2.75, 3.05) is 6.61 Å². The predicted molar refractivity (Wildman–Crippen MR) is 145 cm³/mol. The van der Waals surface area contributed by atoms with Gasteiger partial charge in [0.2, 0.25) is 5.91 Å². The first-order valence-corrected chi connectivity index (χ1v) is 13.5. The minimum Gasteiger partial charge on any atom is -0.483 e. The van der Waals surface area contributed by atoms with Gasteiger partial charge in [-0.3, -0.25) is 9.59 Å². The van der Waals surface area contributed by atoms with Crippen LogP contribution in [0.25, 0.3) is 0 Å². The van der Waals surface area contributed by atoms with E-state index in [9.17, 15) is 9.59 Å². The molecule has 2 aromatic carbocycles. The van der Waals surface area contributed by atoms with Gasteiger partial charge >= 0.3 is 0 Å². The first kappa shape index (κ1) is 27.3. The molecule has 5 nitrogen and oxygen atoms in total. The summed E-state index contributed by atoms with van der Waals surface area (Å²) in [5.41, 5.74) is 3.32. The van der Waals surface area contributed by atoms with E-state index in [0.29, 0.717) is 18.7 Å². The van der Waals surface area contributed by atoms with Crippen molar-refractivity contribution in [1.82, 2.24) is 10.2 Å². The van der Waals surface area contributed by atoms with Gasteiger partial charge in [0.05, 0.1) is 4.47 Å². The van der Waals surface area contributed by atoms with Crippen molar-refractivity contribution in [1.29, 1.82) is 0 Å². The largest absolute Gasteiger partial charge is 0.483 e. The Bertz CT molecular complexity index is 1020. The van der Waals surface area contributed by atoms with Crippen LogP contribution in [0.1, 0.15) is 76.5 Å². The number of rotatable bonds is 9. The summed E-state index contributed by atoms with van der Waals surface area (Å²) in [6, 6.07) is 13.7. The summed E-state index contributed by atoms with van der Waals surface area (Å²) in [6.07, 6.45) is 4.85. The van der Waals surface area contributed by atoms with E-state index in [-0.39, 0.29) is 29.9 Å². The lowest BCUT2D eigenvalue weighted by atomic mass is 9.87. The van der Waals surface area contributed by atoms with E-state index in [0.717, 1.165) is 41.3 Å². The van der Waals surface area contributed by atoms with E-state index in [1.165, 1.54) is 5.56 Å². The highest BCUT2D eigenvalue weighted by atomic mass is 79.9. The summed E-state index contributed by atoms with van der Waals surface area (Å²) in [7, 11) is 0. The molecular weight excluding hydrogens is 504 g/mol. The van der Waals surface area contributed by atoms with Gasteiger partial charge in [0.15, 0.2) is 6.61 Å². The van der Waals surface area contributed by atoms with Crippen LogP contribution in [0.5, 0.6) is 5.75 Å². The second-order valence-corrected chi connectivity index (χ2v) is 11.5. The number of hydrogen-bond acceptors (Lipinski definition) is 3. The van der Waals surface area contributed by atoms with E-state index >= 15 is 0 Å². The van der Waals surface area contributed by atoms with Gasteiger partial charge in [-0.1, -0.05) is 76.4 Å². The molecule has 1 aliphatic rings. The van der Waals surface area contributed by atoms with Crippen LogP contribution in [-0.2, 0) is 21.5 Å². The van der Waals surface area contributed by atoms with Gasteiger partial charge in [0.25, 0.3) is 5.91 Å². The SMILES string of the molecule is CCC(C(=O)NC1CCCC1)N(Cc1cccc(C)c1)C(=O)COc1ccc(C(C)(C)C)cc1Br. The molecule has 0 radical (unpaired) electrons. The van der Waals surface area contributed by atoms with Crippen molar-refractivity contribution in [3.8, 4) is 5.75 Å². The lowest BCUT2D eigenvalue weighted by molar-refractivity contribution is -0.143. The Labute approximate surface area is 218 Å². The topological polar surface area (TPSA) is 58.6 Å². The fourth-order valence-electron chi connectivity index (χ4n) is 4.60.